The van der Waals surface area contributed by atoms with E-state index >= 15 is 0 Å². The Kier molecular flexibility index (Phi) is 8.42. The second-order valence-electron chi connectivity index (χ2n) is 9.13. The summed E-state index contributed by atoms with van der Waals surface area (Å²) >= 11 is 7.90. The van der Waals surface area contributed by atoms with Crippen molar-refractivity contribution in [1.29, 1.82) is 0 Å². The van der Waals surface area contributed by atoms with Gasteiger partial charge in [-0.05, 0) is 42.2 Å². The van der Waals surface area contributed by atoms with Crippen LogP contribution in [0.2, 0.25) is 0 Å². The predicted octanol–water partition coefficient (Wildman–Crippen LogP) is 6.59. The molecule has 1 amide bonds. The number of rotatable bonds is 8. The van der Waals surface area contributed by atoms with Gasteiger partial charge in [0.05, 0.1) is 44.5 Å². The third kappa shape index (κ3) is 5.31. The van der Waals surface area contributed by atoms with E-state index in [0.29, 0.717) is 47.8 Å². The number of ether oxygens (including phenoxy) is 4. The van der Waals surface area contributed by atoms with Crippen LogP contribution in [0, 0.1) is 0 Å². The van der Waals surface area contributed by atoms with Gasteiger partial charge in [-0.25, -0.2) is 14.6 Å². The Bertz CT molecular complexity index is 1560. The minimum atomic E-state index is -0.507. The maximum atomic E-state index is 13.4. The summed E-state index contributed by atoms with van der Waals surface area (Å²) in [5.74, 6) is 0.603. The van der Waals surface area contributed by atoms with Crippen LogP contribution in [0.3, 0.4) is 0 Å². The van der Waals surface area contributed by atoms with Crippen LogP contribution in [0.1, 0.15) is 39.0 Å². The standard InChI is InChI=1S/C30H29ClN2O6S/c1-4-38-29(34)27-21(15-31)32-28-26(25(27)19-10-11-22(36-2)23(14-19)37-3)20-16-33(13-12-24(20)40-28)30(35)39-17-18-8-6-5-7-9-18/h5-11,14H,4,12-13,15-17H2,1-3H3. The molecule has 5 rings (SSSR count). The highest BCUT2D eigenvalue weighted by Crippen LogP contribution is 2.44. The molecule has 0 bridgehead atoms. The van der Waals surface area contributed by atoms with Crippen molar-refractivity contribution in [1.82, 2.24) is 9.88 Å². The smallest absolute Gasteiger partial charge is 0.410 e. The lowest BCUT2D eigenvalue weighted by Crippen LogP contribution is -2.35. The van der Waals surface area contributed by atoms with E-state index in [2.05, 4.69) is 0 Å². The van der Waals surface area contributed by atoms with Crippen LogP contribution in [0.25, 0.3) is 21.3 Å². The molecule has 2 aromatic heterocycles. The average Bonchev–Trinajstić information content (AvgIpc) is 3.36. The summed E-state index contributed by atoms with van der Waals surface area (Å²) < 4.78 is 22.1. The average molecular weight is 581 g/mol. The van der Waals surface area contributed by atoms with Crippen molar-refractivity contribution in [2.75, 3.05) is 27.4 Å². The van der Waals surface area contributed by atoms with Crippen molar-refractivity contribution in [2.45, 2.75) is 32.4 Å². The van der Waals surface area contributed by atoms with Crippen molar-refractivity contribution < 1.29 is 28.5 Å². The van der Waals surface area contributed by atoms with Crippen LogP contribution in [-0.4, -0.2) is 49.3 Å². The second kappa shape index (κ2) is 12.1. The maximum absolute atomic E-state index is 13.4. The van der Waals surface area contributed by atoms with Gasteiger partial charge in [-0.15, -0.1) is 22.9 Å². The number of carbonyl (C=O) groups excluding carboxylic acids is 2. The Hall–Kier alpha value is -3.82. The van der Waals surface area contributed by atoms with Crippen LogP contribution in [0.15, 0.2) is 48.5 Å². The lowest BCUT2D eigenvalue weighted by molar-refractivity contribution is 0.0525. The number of nitrogens with zero attached hydrogens (tertiary/aromatic N) is 2. The monoisotopic (exact) mass is 580 g/mol. The third-order valence-electron chi connectivity index (χ3n) is 6.80. The van der Waals surface area contributed by atoms with E-state index < -0.39 is 12.1 Å². The first-order chi connectivity index (χ1) is 19.5. The number of thiophene rings is 1. The summed E-state index contributed by atoms with van der Waals surface area (Å²) in [5, 5.41) is 0.796. The number of hydrogen-bond acceptors (Lipinski definition) is 8. The first-order valence-electron chi connectivity index (χ1n) is 12.9. The van der Waals surface area contributed by atoms with E-state index in [1.54, 1.807) is 43.4 Å². The van der Waals surface area contributed by atoms with Gasteiger partial charge in [-0.3, -0.25) is 0 Å². The Balaban J connectivity index is 1.63. The highest BCUT2D eigenvalue weighted by atomic mass is 35.5. The van der Waals surface area contributed by atoms with Crippen molar-refractivity contribution in [3.63, 3.8) is 0 Å². The summed E-state index contributed by atoms with van der Waals surface area (Å²) in [7, 11) is 3.13. The lowest BCUT2D eigenvalue weighted by atomic mass is 9.92. The van der Waals surface area contributed by atoms with Gasteiger partial charge in [0.2, 0.25) is 0 Å². The number of benzene rings is 2. The molecule has 0 radical (unpaired) electrons. The third-order valence-corrected chi connectivity index (χ3v) is 8.24. The molecule has 0 atom stereocenters. The molecule has 3 heterocycles. The van der Waals surface area contributed by atoms with Crippen LogP contribution in [-0.2, 0) is 34.9 Å². The number of esters is 1. The number of amides is 1. The minimum absolute atomic E-state index is 0.0326. The molecule has 0 saturated carbocycles. The van der Waals surface area contributed by atoms with Crippen LogP contribution >= 0.6 is 22.9 Å². The first-order valence-corrected chi connectivity index (χ1v) is 14.2. The van der Waals surface area contributed by atoms with Crippen LogP contribution in [0.5, 0.6) is 11.5 Å². The van der Waals surface area contributed by atoms with Crippen molar-refractivity contribution in [3.8, 4) is 22.6 Å². The Morgan fingerprint density at radius 3 is 2.52 bits per heavy atom. The van der Waals surface area contributed by atoms with E-state index in [4.69, 9.17) is 35.5 Å². The minimum Gasteiger partial charge on any atom is -0.493 e. The topological polar surface area (TPSA) is 87.2 Å². The zero-order valence-electron chi connectivity index (χ0n) is 22.5. The van der Waals surface area contributed by atoms with E-state index in [1.165, 1.54) is 0 Å². The molecule has 0 aliphatic carbocycles. The largest absolute Gasteiger partial charge is 0.493 e. The molecule has 0 saturated heterocycles. The number of fused-ring (bicyclic) bond motifs is 3. The molecule has 10 heteroatoms. The second-order valence-corrected chi connectivity index (χ2v) is 10.5. The number of aromatic nitrogens is 1. The number of carbonyl (C=O) groups is 2. The van der Waals surface area contributed by atoms with Gasteiger partial charge < -0.3 is 23.8 Å². The maximum Gasteiger partial charge on any atom is 0.410 e. The van der Waals surface area contributed by atoms with Crippen LogP contribution < -0.4 is 9.47 Å². The Morgan fingerprint density at radius 1 is 1.05 bits per heavy atom. The molecular formula is C30H29ClN2O6S. The molecule has 0 fully saturated rings. The van der Waals surface area contributed by atoms with Gasteiger partial charge in [-0.1, -0.05) is 36.4 Å². The summed E-state index contributed by atoms with van der Waals surface area (Å²) in [5.41, 5.74) is 3.98. The summed E-state index contributed by atoms with van der Waals surface area (Å²) in [6.07, 6.45) is 0.255. The molecule has 1 aliphatic rings. The van der Waals surface area contributed by atoms with Gasteiger partial charge in [0.25, 0.3) is 0 Å². The normalized spacial score (nSPS) is 12.7. The first kappa shape index (κ1) is 27.7. The zero-order valence-corrected chi connectivity index (χ0v) is 24.1. The fourth-order valence-corrected chi connectivity index (χ4v) is 6.32. The quantitative estimate of drug-likeness (QED) is 0.172. The highest BCUT2D eigenvalue weighted by molar-refractivity contribution is 7.19. The lowest BCUT2D eigenvalue weighted by Gasteiger charge is -2.27. The van der Waals surface area contributed by atoms with Crippen molar-refractivity contribution >= 4 is 45.2 Å². The van der Waals surface area contributed by atoms with Crippen LogP contribution in [0.4, 0.5) is 4.79 Å². The molecule has 0 unspecified atom stereocenters. The molecule has 0 spiro atoms. The van der Waals surface area contributed by atoms with E-state index in [9.17, 15) is 9.59 Å². The SMILES string of the molecule is CCOC(=O)c1c(CCl)nc2sc3c(c2c1-c1ccc(OC)c(OC)c1)CN(C(=O)OCc1ccccc1)CC3. The number of halogens is 1. The number of alkyl halides is 1. The fraction of sp³-hybridized carbons (Fsp3) is 0.300. The molecule has 40 heavy (non-hydrogen) atoms. The number of methoxy groups -OCH3 is 2. The molecule has 0 N–H and O–H groups in total. The van der Waals surface area contributed by atoms with Gasteiger partial charge in [-0.2, -0.15) is 0 Å². The Morgan fingerprint density at radius 2 is 1.82 bits per heavy atom. The fourth-order valence-electron chi connectivity index (χ4n) is 4.92. The van der Waals surface area contributed by atoms with Gasteiger partial charge in [0.1, 0.15) is 11.4 Å². The molecule has 1 aliphatic heterocycles. The van der Waals surface area contributed by atoms with Gasteiger partial charge >= 0.3 is 12.1 Å². The summed E-state index contributed by atoms with van der Waals surface area (Å²) in [4.78, 5) is 34.8. The molecule has 8 nitrogen and oxygen atoms in total. The molecule has 208 valence electrons. The van der Waals surface area contributed by atoms with Gasteiger partial charge in [0, 0.05) is 22.4 Å². The number of pyridine rings is 1. The van der Waals surface area contributed by atoms with E-state index in [1.807, 2.05) is 42.5 Å². The zero-order chi connectivity index (χ0) is 28.2. The van der Waals surface area contributed by atoms with Crippen molar-refractivity contribution in [3.05, 3.63) is 75.8 Å². The summed E-state index contributed by atoms with van der Waals surface area (Å²) in [6, 6.07) is 15.1. The number of hydrogen-bond donors (Lipinski definition) is 0. The Labute approximate surface area is 241 Å². The summed E-state index contributed by atoms with van der Waals surface area (Å²) in [6.45, 7) is 3.00. The molecular weight excluding hydrogens is 552 g/mol. The van der Waals surface area contributed by atoms with Gasteiger partial charge in [0.15, 0.2) is 11.5 Å². The molecule has 4 aromatic rings. The highest BCUT2D eigenvalue weighted by Gasteiger charge is 2.31. The predicted molar refractivity (Wildman–Crippen MR) is 154 cm³/mol. The van der Waals surface area contributed by atoms with E-state index in [0.717, 1.165) is 31.8 Å². The molecule has 2 aromatic carbocycles. The van der Waals surface area contributed by atoms with E-state index in [-0.39, 0.29) is 19.1 Å². The van der Waals surface area contributed by atoms with Crippen molar-refractivity contribution in [2.24, 2.45) is 0 Å².